The molecule has 0 unspecified atom stereocenters. The quantitative estimate of drug-likeness (QED) is 0.799. The number of rotatable bonds is 8. The van der Waals surface area contributed by atoms with Gasteiger partial charge in [0.15, 0.2) is 9.84 Å². The molecular weight excluding hydrogens is 281 g/mol. The summed E-state index contributed by atoms with van der Waals surface area (Å²) < 4.78 is 41.5. The summed E-state index contributed by atoms with van der Waals surface area (Å²) in [6.07, 6.45) is 0. The van der Waals surface area contributed by atoms with Crippen LogP contribution in [0.4, 0.5) is 4.39 Å². The molecule has 0 amide bonds. The van der Waals surface area contributed by atoms with E-state index in [9.17, 15) is 12.8 Å². The number of hydrogen-bond acceptors (Lipinski definition) is 4. The van der Waals surface area contributed by atoms with Crippen LogP contribution in [0.5, 0.6) is 5.75 Å². The first-order chi connectivity index (χ1) is 9.34. The average Bonchev–Trinajstić information content (AvgIpc) is 2.38. The second-order valence-corrected chi connectivity index (χ2v) is 7.35. The lowest BCUT2D eigenvalue weighted by molar-refractivity contribution is 0.335. The van der Waals surface area contributed by atoms with Gasteiger partial charge in [0, 0.05) is 23.9 Å². The molecule has 0 saturated heterocycles. The smallest absolute Gasteiger partial charge is 0.153 e. The zero-order valence-electron chi connectivity index (χ0n) is 12.1. The highest BCUT2D eigenvalue weighted by molar-refractivity contribution is 7.91. The summed E-state index contributed by atoms with van der Waals surface area (Å²) in [7, 11) is -3.05. The Morgan fingerprint density at radius 2 is 2.05 bits per heavy atom. The van der Waals surface area contributed by atoms with E-state index in [0.29, 0.717) is 17.9 Å². The highest BCUT2D eigenvalue weighted by Crippen LogP contribution is 2.20. The normalized spacial score (nSPS) is 11.8. The van der Waals surface area contributed by atoms with E-state index in [-0.39, 0.29) is 30.0 Å². The predicted octanol–water partition coefficient (Wildman–Crippen LogP) is 2.14. The lowest BCUT2D eigenvalue weighted by Crippen LogP contribution is -2.22. The van der Waals surface area contributed by atoms with Crippen LogP contribution >= 0.6 is 0 Å². The van der Waals surface area contributed by atoms with Crippen LogP contribution < -0.4 is 10.1 Å². The molecule has 4 nitrogen and oxygen atoms in total. The van der Waals surface area contributed by atoms with Crippen molar-refractivity contribution in [3.63, 3.8) is 0 Å². The van der Waals surface area contributed by atoms with E-state index in [1.54, 1.807) is 6.92 Å². The van der Waals surface area contributed by atoms with Crippen molar-refractivity contribution in [2.45, 2.75) is 33.4 Å². The monoisotopic (exact) mass is 303 g/mol. The number of sulfone groups is 1. The van der Waals surface area contributed by atoms with Crippen LogP contribution in [0.1, 0.15) is 26.3 Å². The van der Waals surface area contributed by atoms with Crippen molar-refractivity contribution in [1.82, 2.24) is 5.32 Å². The Hall–Kier alpha value is -1.14. The van der Waals surface area contributed by atoms with Crippen molar-refractivity contribution in [1.29, 1.82) is 0 Å². The molecule has 0 saturated carbocycles. The van der Waals surface area contributed by atoms with Gasteiger partial charge in [0.05, 0.1) is 5.75 Å². The van der Waals surface area contributed by atoms with Crippen LogP contribution in [-0.2, 0) is 16.4 Å². The van der Waals surface area contributed by atoms with Crippen LogP contribution in [0.15, 0.2) is 18.2 Å². The summed E-state index contributed by atoms with van der Waals surface area (Å²) in [6.45, 7) is 6.15. The van der Waals surface area contributed by atoms with Crippen LogP contribution in [0.25, 0.3) is 0 Å². The zero-order chi connectivity index (χ0) is 15.2. The first kappa shape index (κ1) is 16.9. The Morgan fingerprint density at radius 1 is 1.35 bits per heavy atom. The van der Waals surface area contributed by atoms with Gasteiger partial charge >= 0.3 is 0 Å². The summed E-state index contributed by atoms with van der Waals surface area (Å²) >= 11 is 0. The van der Waals surface area contributed by atoms with Gasteiger partial charge in [-0.15, -0.1) is 0 Å². The molecule has 6 heteroatoms. The largest absolute Gasteiger partial charge is 0.492 e. The lowest BCUT2D eigenvalue weighted by atomic mass is 10.2. The van der Waals surface area contributed by atoms with Crippen LogP contribution in [0, 0.1) is 5.82 Å². The molecule has 1 aromatic carbocycles. The summed E-state index contributed by atoms with van der Waals surface area (Å²) in [5.41, 5.74) is 0.688. The van der Waals surface area contributed by atoms with Gasteiger partial charge in [0.2, 0.25) is 0 Å². The fourth-order valence-electron chi connectivity index (χ4n) is 1.56. The van der Waals surface area contributed by atoms with Crippen molar-refractivity contribution in [3.05, 3.63) is 29.6 Å². The highest BCUT2D eigenvalue weighted by Gasteiger charge is 2.10. The SMILES string of the molecule is CCS(=O)(=O)CCOc1ccc(F)cc1CNC(C)C. The van der Waals surface area contributed by atoms with Gasteiger partial charge in [-0.1, -0.05) is 20.8 Å². The first-order valence-electron chi connectivity index (χ1n) is 6.69. The van der Waals surface area contributed by atoms with E-state index < -0.39 is 9.84 Å². The topological polar surface area (TPSA) is 55.4 Å². The third kappa shape index (κ3) is 5.88. The molecule has 1 aromatic rings. The van der Waals surface area contributed by atoms with Gasteiger partial charge in [-0.05, 0) is 18.2 Å². The van der Waals surface area contributed by atoms with E-state index in [1.165, 1.54) is 18.2 Å². The molecule has 0 aromatic heterocycles. The lowest BCUT2D eigenvalue weighted by Gasteiger charge is -2.14. The summed E-state index contributed by atoms with van der Waals surface area (Å²) in [4.78, 5) is 0. The number of benzene rings is 1. The van der Waals surface area contributed by atoms with Gasteiger partial charge in [-0.3, -0.25) is 0 Å². The number of ether oxygens (including phenoxy) is 1. The van der Waals surface area contributed by atoms with Crippen molar-refractivity contribution in [2.24, 2.45) is 0 Å². The molecule has 1 N–H and O–H groups in total. The van der Waals surface area contributed by atoms with Crippen LogP contribution in [0.3, 0.4) is 0 Å². The third-order valence-electron chi connectivity index (χ3n) is 2.82. The Kier molecular flexibility index (Phi) is 6.42. The molecule has 0 fully saturated rings. The minimum absolute atomic E-state index is 0.0298. The molecule has 114 valence electrons. The molecule has 0 heterocycles. The average molecular weight is 303 g/mol. The van der Waals surface area contributed by atoms with E-state index in [1.807, 2.05) is 13.8 Å². The Morgan fingerprint density at radius 3 is 2.65 bits per heavy atom. The van der Waals surface area contributed by atoms with E-state index in [4.69, 9.17) is 4.74 Å². The minimum Gasteiger partial charge on any atom is -0.492 e. The molecule has 0 aliphatic heterocycles. The molecule has 1 rings (SSSR count). The van der Waals surface area contributed by atoms with Crippen molar-refractivity contribution >= 4 is 9.84 Å². The molecular formula is C14H22FNO3S. The molecule has 0 radical (unpaired) electrons. The Balaban J connectivity index is 2.68. The second-order valence-electron chi connectivity index (χ2n) is 4.87. The second kappa shape index (κ2) is 7.59. The van der Waals surface area contributed by atoms with Crippen molar-refractivity contribution in [2.75, 3.05) is 18.1 Å². The summed E-state index contributed by atoms with van der Waals surface area (Å²) in [5, 5.41) is 3.18. The fourth-order valence-corrected chi connectivity index (χ4v) is 2.19. The minimum atomic E-state index is -3.05. The van der Waals surface area contributed by atoms with Gasteiger partial charge < -0.3 is 10.1 Å². The predicted molar refractivity (Wildman–Crippen MR) is 78.2 cm³/mol. The van der Waals surface area contributed by atoms with Crippen molar-refractivity contribution < 1.29 is 17.5 Å². The third-order valence-corrected chi connectivity index (χ3v) is 4.48. The molecule has 0 aliphatic rings. The van der Waals surface area contributed by atoms with E-state index in [0.717, 1.165) is 0 Å². The Labute approximate surface area is 120 Å². The first-order valence-corrected chi connectivity index (χ1v) is 8.51. The zero-order valence-corrected chi connectivity index (χ0v) is 13.0. The molecule has 20 heavy (non-hydrogen) atoms. The van der Waals surface area contributed by atoms with Gasteiger partial charge in [0.25, 0.3) is 0 Å². The molecule has 0 bridgehead atoms. The van der Waals surface area contributed by atoms with Gasteiger partial charge in [-0.25, -0.2) is 12.8 Å². The van der Waals surface area contributed by atoms with Gasteiger partial charge in [0.1, 0.15) is 18.2 Å². The van der Waals surface area contributed by atoms with E-state index in [2.05, 4.69) is 5.32 Å². The van der Waals surface area contributed by atoms with Crippen molar-refractivity contribution in [3.8, 4) is 5.75 Å². The van der Waals surface area contributed by atoms with Gasteiger partial charge in [-0.2, -0.15) is 0 Å². The molecule has 0 spiro atoms. The maximum atomic E-state index is 13.3. The number of halogens is 1. The number of hydrogen-bond donors (Lipinski definition) is 1. The van der Waals surface area contributed by atoms with Crippen LogP contribution in [0.2, 0.25) is 0 Å². The highest BCUT2D eigenvalue weighted by atomic mass is 32.2. The molecule has 0 atom stereocenters. The Bertz CT molecular complexity index is 529. The fraction of sp³-hybridized carbons (Fsp3) is 0.571. The standard InChI is InChI=1S/C14H22FNO3S/c1-4-20(17,18)8-7-19-14-6-5-13(15)9-12(14)10-16-11(2)3/h5-6,9,11,16H,4,7-8,10H2,1-3H3. The number of nitrogens with one attached hydrogen (secondary N) is 1. The maximum absolute atomic E-state index is 13.3. The van der Waals surface area contributed by atoms with E-state index >= 15 is 0 Å². The summed E-state index contributed by atoms with van der Waals surface area (Å²) in [5.74, 6) is 0.254. The van der Waals surface area contributed by atoms with Crippen LogP contribution in [-0.4, -0.2) is 32.6 Å². The molecule has 0 aliphatic carbocycles. The summed E-state index contributed by atoms with van der Waals surface area (Å²) in [6, 6.07) is 4.51. The maximum Gasteiger partial charge on any atom is 0.153 e.